The predicted octanol–water partition coefficient (Wildman–Crippen LogP) is 2.04. The van der Waals surface area contributed by atoms with Crippen molar-refractivity contribution in [2.24, 2.45) is 11.7 Å². The second kappa shape index (κ2) is 8.00. The van der Waals surface area contributed by atoms with Crippen LogP contribution in [-0.2, 0) is 11.3 Å². The summed E-state index contributed by atoms with van der Waals surface area (Å²) in [5.74, 6) is 0.810. The van der Waals surface area contributed by atoms with Crippen LogP contribution in [0, 0.1) is 5.92 Å². The summed E-state index contributed by atoms with van der Waals surface area (Å²) >= 11 is 3.35. The number of nitrogens with two attached hydrogens (primary N) is 1. The minimum absolute atomic E-state index is 0. The van der Waals surface area contributed by atoms with Gasteiger partial charge in [0.25, 0.3) is 0 Å². The first-order chi connectivity index (χ1) is 9.08. The zero-order valence-electron chi connectivity index (χ0n) is 11.7. The van der Waals surface area contributed by atoms with Crippen LogP contribution in [0.15, 0.2) is 17.1 Å². The minimum Gasteiger partial charge on any atom is -0.341 e. The van der Waals surface area contributed by atoms with Crippen molar-refractivity contribution in [1.82, 2.24) is 14.5 Å². The van der Waals surface area contributed by atoms with Crippen LogP contribution in [0.2, 0.25) is 0 Å². The summed E-state index contributed by atoms with van der Waals surface area (Å²) in [5.41, 5.74) is 6.01. The molecule has 0 bridgehead atoms. The molecule has 1 aromatic heterocycles. The molecule has 0 aliphatic carbocycles. The summed E-state index contributed by atoms with van der Waals surface area (Å²) in [6, 6.07) is -0.414. The maximum absolute atomic E-state index is 12.2. The van der Waals surface area contributed by atoms with E-state index >= 15 is 0 Å². The van der Waals surface area contributed by atoms with Crippen LogP contribution in [0.3, 0.4) is 0 Å². The van der Waals surface area contributed by atoms with Crippen LogP contribution in [0.5, 0.6) is 0 Å². The minimum atomic E-state index is -0.414. The highest BCUT2D eigenvalue weighted by Crippen LogP contribution is 2.17. The Labute approximate surface area is 134 Å². The summed E-state index contributed by atoms with van der Waals surface area (Å²) in [4.78, 5) is 18.2. The number of imidazole rings is 1. The number of amides is 1. The average molecular weight is 366 g/mol. The lowest BCUT2D eigenvalue weighted by Gasteiger charge is -2.32. The Balaban J connectivity index is 0.00000200. The third-order valence-electron chi connectivity index (χ3n) is 3.76. The van der Waals surface area contributed by atoms with E-state index < -0.39 is 6.04 Å². The van der Waals surface area contributed by atoms with Gasteiger partial charge < -0.3 is 15.2 Å². The average Bonchev–Trinajstić information content (AvgIpc) is 2.81. The molecule has 1 aliphatic heterocycles. The number of rotatable bonds is 4. The molecule has 5 nitrogen and oxygen atoms in total. The van der Waals surface area contributed by atoms with Crippen molar-refractivity contribution >= 4 is 34.2 Å². The fourth-order valence-electron chi connectivity index (χ4n) is 2.34. The SMILES string of the molecule is CC1CCN(C(=O)C(N)CCn2ccnc2Br)CC1.Cl. The molecule has 20 heavy (non-hydrogen) atoms. The van der Waals surface area contributed by atoms with Gasteiger partial charge in [0, 0.05) is 32.0 Å². The van der Waals surface area contributed by atoms with E-state index in [1.807, 2.05) is 15.7 Å². The summed E-state index contributed by atoms with van der Waals surface area (Å²) < 4.78 is 2.73. The highest BCUT2D eigenvalue weighted by Gasteiger charge is 2.24. The van der Waals surface area contributed by atoms with Gasteiger partial charge in [0.1, 0.15) is 0 Å². The molecule has 1 atom stereocenters. The Morgan fingerprint density at radius 1 is 1.55 bits per heavy atom. The van der Waals surface area contributed by atoms with Gasteiger partial charge in [0.05, 0.1) is 6.04 Å². The standard InChI is InChI=1S/C13H21BrN4O.ClH/c1-10-2-6-17(7-3-10)12(19)11(15)4-8-18-9-5-16-13(18)14;/h5,9-11H,2-4,6-8,15H2,1H3;1H. The fourth-order valence-corrected chi connectivity index (χ4v) is 2.76. The molecule has 114 valence electrons. The van der Waals surface area contributed by atoms with Gasteiger partial charge in [-0.05, 0) is 41.1 Å². The van der Waals surface area contributed by atoms with E-state index in [0.717, 1.165) is 36.6 Å². The zero-order chi connectivity index (χ0) is 13.8. The van der Waals surface area contributed by atoms with Crippen LogP contribution >= 0.6 is 28.3 Å². The monoisotopic (exact) mass is 364 g/mol. The first-order valence-corrected chi connectivity index (χ1v) is 7.58. The molecule has 0 saturated carbocycles. The number of hydrogen-bond acceptors (Lipinski definition) is 3. The van der Waals surface area contributed by atoms with Gasteiger partial charge in [-0.2, -0.15) is 0 Å². The molecule has 0 spiro atoms. The molecular formula is C13H22BrClN4O. The van der Waals surface area contributed by atoms with Crippen LogP contribution in [0.1, 0.15) is 26.2 Å². The second-order valence-corrected chi connectivity index (χ2v) is 6.00. The number of aryl methyl sites for hydroxylation is 1. The molecule has 7 heteroatoms. The fraction of sp³-hybridized carbons (Fsp3) is 0.692. The van der Waals surface area contributed by atoms with E-state index in [-0.39, 0.29) is 18.3 Å². The molecule has 2 N–H and O–H groups in total. The zero-order valence-corrected chi connectivity index (χ0v) is 14.1. The van der Waals surface area contributed by atoms with E-state index in [2.05, 4.69) is 27.8 Å². The number of piperidine rings is 1. The van der Waals surface area contributed by atoms with Crippen LogP contribution < -0.4 is 5.73 Å². The van der Waals surface area contributed by atoms with Crippen molar-refractivity contribution in [3.8, 4) is 0 Å². The number of likely N-dealkylation sites (tertiary alicyclic amines) is 1. The van der Waals surface area contributed by atoms with Gasteiger partial charge >= 0.3 is 0 Å². The summed E-state index contributed by atoms with van der Waals surface area (Å²) in [6.45, 7) is 4.64. The number of nitrogens with zero attached hydrogens (tertiary/aromatic N) is 3. The summed E-state index contributed by atoms with van der Waals surface area (Å²) in [7, 11) is 0. The number of aromatic nitrogens is 2. The van der Waals surface area contributed by atoms with Crippen molar-refractivity contribution < 1.29 is 4.79 Å². The number of carbonyl (C=O) groups is 1. The molecule has 2 heterocycles. The van der Waals surface area contributed by atoms with E-state index in [0.29, 0.717) is 13.0 Å². The van der Waals surface area contributed by atoms with E-state index in [9.17, 15) is 4.79 Å². The molecule has 0 radical (unpaired) electrons. The highest BCUT2D eigenvalue weighted by molar-refractivity contribution is 9.10. The van der Waals surface area contributed by atoms with Crippen molar-refractivity contribution in [3.05, 3.63) is 17.1 Å². The quantitative estimate of drug-likeness (QED) is 0.888. The van der Waals surface area contributed by atoms with Crippen molar-refractivity contribution in [3.63, 3.8) is 0 Å². The highest BCUT2D eigenvalue weighted by atomic mass is 79.9. The van der Waals surface area contributed by atoms with E-state index in [1.165, 1.54) is 0 Å². The Morgan fingerprint density at radius 2 is 2.20 bits per heavy atom. The molecule has 1 amide bonds. The lowest BCUT2D eigenvalue weighted by Crippen LogP contribution is -2.47. The number of hydrogen-bond donors (Lipinski definition) is 1. The van der Waals surface area contributed by atoms with Gasteiger partial charge in [-0.3, -0.25) is 4.79 Å². The summed E-state index contributed by atoms with van der Waals surface area (Å²) in [6.07, 6.45) is 6.42. The van der Waals surface area contributed by atoms with E-state index in [1.54, 1.807) is 6.20 Å². The van der Waals surface area contributed by atoms with Gasteiger partial charge in [-0.1, -0.05) is 6.92 Å². The first kappa shape index (κ1) is 17.5. The molecule has 1 unspecified atom stereocenters. The predicted molar refractivity (Wildman–Crippen MR) is 84.7 cm³/mol. The maximum atomic E-state index is 12.2. The molecule has 1 aliphatic rings. The Hall–Kier alpha value is -0.590. The topological polar surface area (TPSA) is 64.2 Å². The third kappa shape index (κ3) is 4.46. The Morgan fingerprint density at radius 3 is 2.75 bits per heavy atom. The molecular weight excluding hydrogens is 344 g/mol. The maximum Gasteiger partial charge on any atom is 0.239 e. The lowest BCUT2D eigenvalue weighted by atomic mass is 9.98. The number of halogens is 2. The van der Waals surface area contributed by atoms with E-state index in [4.69, 9.17) is 5.73 Å². The van der Waals surface area contributed by atoms with Crippen LogP contribution in [0.25, 0.3) is 0 Å². The van der Waals surface area contributed by atoms with Gasteiger partial charge in [-0.15, -0.1) is 12.4 Å². The normalized spacial score (nSPS) is 17.6. The second-order valence-electron chi connectivity index (χ2n) is 5.29. The van der Waals surface area contributed by atoms with Gasteiger partial charge in [-0.25, -0.2) is 4.98 Å². The molecule has 2 rings (SSSR count). The molecule has 1 fully saturated rings. The van der Waals surface area contributed by atoms with Crippen molar-refractivity contribution in [2.75, 3.05) is 13.1 Å². The first-order valence-electron chi connectivity index (χ1n) is 6.79. The molecule has 1 aromatic rings. The Kier molecular flexibility index (Phi) is 6.99. The van der Waals surface area contributed by atoms with Crippen molar-refractivity contribution in [1.29, 1.82) is 0 Å². The smallest absolute Gasteiger partial charge is 0.239 e. The largest absolute Gasteiger partial charge is 0.341 e. The van der Waals surface area contributed by atoms with Crippen LogP contribution in [-0.4, -0.2) is 39.5 Å². The van der Waals surface area contributed by atoms with Gasteiger partial charge in [0.15, 0.2) is 4.73 Å². The van der Waals surface area contributed by atoms with Crippen LogP contribution in [0.4, 0.5) is 0 Å². The number of carbonyl (C=O) groups excluding carboxylic acids is 1. The molecule has 1 saturated heterocycles. The van der Waals surface area contributed by atoms with Crippen molar-refractivity contribution in [2.45, 2.75) is 38.8 Å². The lowest BCUT2D eigenvalue weighted by molar-refractivity contribution is -0.134. The molecule has 0 aromatic carbocycles. The third-order valence-corrected chi connectivity index (χ3v) is 4.42. The van der Waals surface area contributed by atoms with Gasteiger partial charge in [0.2, 0.25) is 5.91 Å². The Bertz CT molecular complexity index is 432. The summed E-state index contributed by atoms with van der Waals surface area (Å²) in [5, 5.41) is 0.